The number of nitrogens with one attached hydrogen (secondary N) is 2. The van der Waals surface area contributed by atoms with Crippen molar-refractivity contribution in [2.24, 2.45) is 16.6 Å². The van der Waals surface area contributed by atoms with E-state index in [9.17, 15) is 14.4 Å². The summed E-state index contributed by atoms with van der Waals surface area (Å²) in [5.41, 5.74) is 8.35. The van der Waals surface area contributed by atoms with E-state index in [2.05, 4.69) is 25.7 Å². The van der Waals surface area contributed by atoms with Crippen molar-refractivity contribution in [2.45, 2.75) is 20.0 Å². The summed E-state index contributed by atoms with van der Waals surface area (Å²) >= 11 is 0. The summed E-state index contributed by atoms with van der Waals surface area (Å²) in [5, 5.41) is 15.3. The minimum absolute atomic E-state index is 0.161. The molecule has 2 aromatic carbocycles. The summed E-state index contributed by atoms with van der Waals surface area (Å²) in [5.74, 6) is 0.0589. The van der Waals surface area contributed by atoms with Gasteiger partial charge >= 0.3 is 6.03 Å². The monoisotopic (exact) mass is 511 g/mol. The number of aromatic amines is 1. The van der Waals surface area contributed by atoms with E-state index in [1.165, 1.54) is 12.3 Å². The minimum Gasteiger partial charge on any atom is -0.351 e. The van der Waals surface area contributed by atoms with Crippen LogP contribution in [0, 0.1) is 5.92 Å². The molecule has 0 saturated heterocycles. The van der Waals surface area contributed by atoms with Gasteiger partial charge in [-0.2, -0.15) is 0 Å². The molecule has 12 nitrogen and oxygen atoms in total. The Hall–Kier alpha value is -5.13. The number of primary amides is 1. The predicted octanol–water partition coefficient (Wildman–Crippen LogP) is 2.56. The Morgan fingerprint density at radius 2 is 1.89 bits per heavy atom. The molecule has 0 saturated carbocycles. The fourth-order valence-electron chi connectivity index (χ4n) is 4.26. The summed E-state index contributed by atoms with van der Waals surface area (Å²) < 4.78 is 0. The van der Waals surface area contributed by atoms with E-state index in [0.717, 1.165) is 4.80 Å². The van der Waals surface area contributed by atoms with Crippen molar-refractivity contribution in [1.29, 1.82) is 0 Å². The number of fused-ring (bicyclic) bond motifs is 1. The molecule has 1 aliphatic rings. The Bertz CT molecular complexity index is 1610. The third-order valence-corrected chi connectivity index (χ3v) is 5.82. The molecule has 0 fully saturated rings. The molecule has 0 spiro atoms. The number of anilines is 2. The lowest BCUT2D eigenvalue weighted by molar-refractivity contribution is -0.122. The maximum absolute atomic E-state index is 14.0. The average molecular weight is 512 g/mol. The number of para-hydroxylation sites is 1. The molecule has 192 valence electrons. The van der Waals surface area contributed by atoms with Crippen molar-refractivity contribution < 1.29 is 9.59 Å². The fourth-order valence-corrected chi connectivity index (χ4v) is 4.26. The Balaban J connectivity index is 1.64. The Morgan fingerprint density at radius 3 is 2.66 bits per heavy atom. The van der Waals surface area contributed by atoms with Gasteiger partial charge in [-0.15, -0.1) is 15.0 Å². The first-order chi connectivity index (χ1) is 18.3. The number of tetrazole rings is 1. The molecular formula is C26H25N9O3. The van der Waals surface area contributed by atoms with Crippen molar-refractivity contribution >= 4 is 29.0 Å². The number of nitrogens with two attached hydrogens (primary N) is 1. The van der Waals surface area contributed by atoms with Gasteiger partial charge in [0.25, 0.3) is 5.91 Å². The van der Waals surface area contributed by atoms with Crippen LogP contribution in [0.15, 0.2) is 76.6 Å². The van der Waals surface area contributed by atoms with E-state index < -0.39 is 12.2 Å². The summed E-state index contributed by atoms with van der Waals surface area (Å²) in [4.78, 5) is 47.6. The predicted molar refractivity (Wildman–Crippen MR) is 142 cm³/mol. The molecule has 2 aromatic heterocycles. The average Bonchev–Trinajstić information content (AvgIpc) is 3.33. The topological polar surface area (TPSA) is 164 Å². The van der Waals surface area contributed by atoms with Crippen LogP contribution in [-0.4, -0.2) is 49.4 Å². The molecular weight excluding hydrogens is 486 g/mol. The third kappa shape index (κ3) is 4.91. The molecule has 0 radical (unpaired) electrons. The fraction of sp³-hybridized carbons (Fsp3) is 0.192. The largest absolute Gasteiger partial charge is 0.351 e. The second kappa shape index (κ2) is 10.1. The first kappa shape index (κ1) is 24.6. The molecule has 3 amide bonds. The zero-order chi connectivity index (χ0) is 26.8. The second-order valence-electron chi connectivity index (χ2n) is 9.16. The van der Waals surface area contributed by atoms with Crippen molar-refractivity contribution in [3.05, 3.63) is 88.3 Å². The molecule has 4 N–H and O–H groups in total. The van der Waals surface area contributed by atoms with E-state index >= 15 is 0 Å². The number of nitrogens with zero attached hydrogens (tertiary/aromatic N) is 6. The van der Waals surface area contributed by atoms with Gasteiger partial charge in [-0.05, 0) is 35.4 Å². The number of hydrogen-bond acceptors (Lipinski definition) is 7. The maximum Gasteiger partial charge on any atom is 0.316 e. The van der Waals surface area contributed by atoms with E-state index in [1.807, 2.05) is 38.1 Å². The van der Waals surface area contributed by atoms with Gasteiger partial charge < -0.3 is 20.9 Å². The molecule has 5 rings (SSSR count). The molecule has 1 unspecified atom stereocenters. The SMILES string of the molecule is CC(C)CN1C(=O)C(n2nnc(-c3cccc(NC(N)=O)c3)n2)N=C(c2cc[nH]c(=O)c2)c2ccccc21. The summed E-state index contributed by atoms with van der Waals surface area (Å²) in [6, 6.07) is 16.7. The van der Waals surface area contributed by atoms with Gasteiger partial charge in [-0.1, -0.05) is 44.2 Å². The van der Waals surface area contributed by atoms with Gasteiger partial charge in [0.15, 0.2) is 0 Å². The van der Waals surface area contributed by atoms with Gasteiger partial charge in [0.05, 0.1) is 11.4 Å². The first-order valence-corrected chi connectivity index (χ1v) is 11.9. The highest BCUT2D eigenvalue weighted by atomic mass is 16.2. The highest BCUT2D eigenvalue weighted by Crippen LogP contribution is 2.32. The molecule has 0 bridgehead atoms. The number of hydrogen-bond donors (Lipinski definition) is 3. The summed E-state index contributed by atoms with van der Waals surface area (Å²) in [7, 11) is 0. The lowest BCUT2D eigenvalue weighted by Crippen LogP contribution is -2.39. The maximum atomic E-state index is 14.0. The zero-order valence-corrected chi connectivity index (χ0v) is 20.7. The van der Waals surface area contributed by atoms with Crippen LogP contribution in [0.25, 0.3) is 11.4 Å². The molecule has 1 aliphatic heterocycles. The Kier molecular flexibility index (Phi) is 6.52. The van der Waals surface area contributed by atoms with E-state index in [0.29, 0.717) is 40.3 Å². The molecule has 0 aliphatic carbocycles. The van der Waals surface area contributed by atoms with Crippen LogP contribution in [0.3, 0.4) is 0 Å². The highest BCUT2D eigenvalue weighted by molar-refractivity contribution is 6.19. The number of H-pyrrole nitrogens is 1. The normalized spacial score (nSPS) is 15.1. The summed E-state index contributed by atoms with van der Waals surface area (Å²) in [6.07, 6.45) is 0.360. The lowest BCUT2D eigenvalue weighted by Gasteiger charge is -2.26. The van der Waals surface area contributed by atoms with Gasteiger partial charge in [0.1, 0.15) is 0 Å². The number of aromatic nitrogens is 5. The van der Waals surface area contributed by atoms with Crippen LogP contribution >= 0.6 is 0 Å². The van der Waals surface area contributed by atoms with Crippen molar-refractivity contribution in [2.75, 3.05) is 16.8 Å². The second-order valence-corrected chi connectivity index (χ2v) is 9.16. The number of benzodiazepines with no additional fused rings is 1. The smallest absolute Gasteiger partial charge is 0.316 e. The van der Waals surface area contributed by atoms with Crippen LogP contribution in [0.2, 0.25) is 0 Å². The number of pyridine rings is 1. The Morgan fingerprint density at radius 1 is 1.08 bits per heavy atom. The number of carbonyl (C=O) groups excluding carboxylic acids is 2. The zero-order valence-electron chi connectivity index (χ0n) is 20.7. The molecule has 3 heterocycles. The van der Waals surface area contributed by atoms with Crippen LogP contribution in [0.1, 0.15) is 31.1 Å². The summed E-state index contributed by atoms with van der Waals surface area (Å²) in [6.45, 7) is 4.48. The molecule has 12 heteroatoms. The van der Waals surface area contributed by atoms with Crippen LogP contribution in [-0.2, 0) is 4.79 Å². The molecule has 38 heavy (non-hydrogen) atoms. The quantitative estimate of drug-likeness (QED) is 0.360. The van der Waals surface area contributed by atoms with Gasteiger partial charge in [-0.25, -0.2) is 9.79 Å². The third-order valence-electron chi connectivity index (χ3n) is 5.82. The van der Waals surface area contributed by atoms with Crippen molar-refractivity contribution in [3.8, 4) is 11.4 Å². The number of amides is 3. The van der Waals surface area contributed by atoms with Crippen molar-refractivity contribution in [3.63, 3.8) is 0 Å². The standard InChI is InChI=1S/C26H25N9O3/c1-15(2)14-34-20-9-4-3-8-19(20)22(16-10-11-28-21(36)13-16)30-24(25(34)37)35-32-23(31-33-35)17-6-5-7-18(12-17)29-26(27)38/h3-13,15,24H,14H2,1-2H3,(H,28,36)(H3,27,29,38). The van der Waals surface area contributed by atoms with Crippen molar-refractivity contribution in [1.82, 2.24) is 25.2 Å². The number of urea groups is 1. The first-order valence-electron chi connectivity index (χ1n) is 11.9. The lowest BCUT2D eigenvalue weighted by atomic mass is 10.0. The number of carbonyl (C=O) groups is 2. The van der Waals surface area contributed by atoms with Crippen LogP contribution < -0.4 is 21.5 Å². The van der Waals surface area contributed by atoms with E-state index in [-0.39, 0.29) is 23.2 Å². The van der Waals surface area contributed by atoms with E-state index in [1.54, 1.807) is 35.2 Å². The molecule has 1 atom stereocenters. The number of rotatable bonds is 6. The van der Waals surface area contributed by atoms with Crippen LogP contribution in [0.5, 0.6) is 0 Å². The van der Waals surface area contributed by atoms with Crippen LogP contribution in [0.4, 0.5) is 16.2 Å². The Labute approximate surface area is 217 Å². The van der Waals surface area contributed by atoms with Gasteiger partial charge in [-0.3, -0.25) is 9.59 Å². The van der Waals surface area contributed by atoms with Gasteiger partial charge in [0, 0.05) is 41.2 Å². The minimum atomic E-state index is -1.18. The number of aliphatic imine (C=N–C) groups is 1. The number of benzene rings is 2. The highest BCUT2D eigenvalue weighted by Gasteiger charge is 2.35. The van der Waals surface area contributed by atoms with Gasteiger partial charge in [0.2, 0.25) is 17.5 Å². The van der Waals surface area contributed by atoms with E-state index in [4.69, 9.17) is 10.7 Å². The molecule has 4 aromatic rings.